The largest absolute Gasteiger partial charge is 0.370 e. The molecule has 0 unspecified atom stereocenters. The van der Waals surface area contributed by atoms with Gasteiger partial charge < -0.3 is 9.47 Å². The van der Waals surface area contributed by atoms with E-state index in [1.807, 2.05) is 42.5 Å². The number of hydrogen-bond acceptors (Lipinski definition) is 3. The number of nitrogens with zero attached hydrogens (tertiary/aromatic N) is 4. The van der Waals surface area contributed by atoms with Gasteiger partial charge in [-0.1, -0.05) is 97.1 Å². The van der Waals surface area contributed by atoms with Crippen molar-refractivity contribution in [2.45, 2.75) is 13.8 Å². The molecule has 6 aromatic carbocycles. The molecule has 0 radical (unpaired) electrons. The van der Waals surface area contributed by atoms with Gasteiger partial charge in [0.15, 0.2) is 0 Å². The smallest absolute Gasteiger partial charge is 0.102 e. The number of hydrogen-bond donors (Lipinski definition) is 0. The highest BCUT2D eigenvalue weighted by molar-refractivity contribution is 6.10. The molecule has 0 N–H and O–H groups in total. The molecule has 0 saturated carbocycles. The Morgan fingerprint density at radius 3 is 1.67 bits per heavy atom. The van der Waals surface area contributed by atoms with Crippen LogP contribution in [0.5, 0.6) is 0 Å². The molecule has 0 aliphatic rings. The molecule has 7 aromatic rings. The quantitative estimate of drug-likeness (QED) is 0.185. The predicted octanol–water partition coefficient (Wildman–Crippen LogP) is 10.4. The van der Waals surface area contributed by atoms with Crippen LogP contribution in [-0.2, 0) is 0 Å². The molecule has 0 aliphatic heterocycles. The van der Waals surface area contributed by atoms with Gasteiger partial charge in [0, 0.05) is 40.7 Å². The van der Waals surface area contributed by atoms with Crippen molar-refractivity contribution in [2.75, 3.05) is 18.0 Å². The molecule has 4 heteroatoms. The molecule has 0 bridgehead atoms. The molecule has 0 spiro atoms. The summed E-state index contributed by atoms with van der Waals surface area (Å²) in [4.78, 5) is 2.11. The molecule has 46 heavy (non-hydrogen) atoms. The van der Waals surface area contributed by atoms with Crippen LogP contribution in [0.4, 0.5) is 5.69 Å². The van der Waals surface area contributed by atoms with E-state index in [0.29, 0.717) is 29.9 Å². The van der Waals surface area contributed by atoms with Gasteiger partial charge in [-0.2, -0.15) is 10.5 Å². The third-order valence-corrected chi connectivity index (χ3v) is 8.91. The Morgan fingerprint density at radius 1 is 0.522 bits per heavy atom. The Labute approximate surface area is 269 Å². The Balaban J connectivity index is 1.37. The first-order valence-corrected chi connectivity index (χ1v) is 15.7. The van der Waals surface area contributed by atoms with E-state index in [1.54, 1.807) is 0 Å². The van der Waals surface area contributed by atoms with E-state index < -0.39 is 0 Å². The number of para-hydroxylation sites is 2. The van der Waals surface area contributed by atoms with Crippen LogP contribution in [0.2, 0.25) is 0 Å². The van der Waals surface area contributed by atoms with Crippen molar-refractivity contribution >= 4 is 27.5 Å². The molecular weight excluding hydrogens is 560 g/mol. The first kappa shape index (κ1) is 28.7. The summed E-state index contributed by atoms with van der Waals surface area (Å²) in [6.45, 7) is 5.51. The maximum atomic E-state index is 10.5. The van der Waals surface area contributed by atoms with E-state index in [2.05, 4.69) is 126 Å². The van der Waals surface area contributed by atoms with Crippen LogP contribution < -0.4 is 4.90 Å². The molecule has 0 amide bonds. The van der Waals surface area contributed by atoms with Crippen LogP contribution in [-0.4, -0.2) is 17.7 Å². The fraction of sp³-hybridized carbons (Fsp3) is 0.0952. The lowest BCUT2D eigenvalue weighted by Gasteiger charge is -2.26. The third kappa shape index (κ3) is 4.78. The van der Waals surface area contributed by atoms with Crippen molar-refractivity contribution in [1.29, 1.82) is 10.5 Å². The van der Waals surface area contributed by atoms with Crippen molar-refractivity contribution in [3.05, 3.63) is 145 Å². The molecule has 220 valence electrons. The molecule has 0 atom stereocenters. The van der Waals surface area contributed by atoms with Crippen LogP contribution in [0, 0.1) is 22.7 Å². The Bertz CT molecular complexity index is 2280. The summed E-state index contributed by atoms with van der Waals surface area (Å²) in [6.07, 6.45) is 0. The van der Waals surface area contributed by atoms with Gasteiger partial charge in [0.2, 0.25) is 0 Å². The summed E-state index contributed by atoms with van der Waals surface area (Å²) in [5.41, 5.74) is 11.0. The highest BCUT2D eigenvalue weighted by atomic mass is 15.1. The van der Waals surface area contributed by atoms with Crippen LogP contribution in [0.25, 0.3) is 60.9 Å². The Hall–Kier alpha value is -6.10. The second kappa shape index (κ2) is 12.1. The molecule has 1 heterocycles. The molecule has 0 fully saturated rings. The maximum absolute atomic E-state index is 10.5. The Morgan fingerprint density at radius 2 is 1.04 bits per heavy atom. The van der Waals surface area contributed by atoms with Gasteiger partial charge in [-0.15, -0.1) is 0 Å². The third-order valence-electron chi connectivity index (χ3n) is 8.91. The maximum Gasteiger partial charge on any atom is 0.102 e. The van der Waals surface area contributed by atoms with Gasteiger partial charge in [0.1, 0.15) is 12.1 Å². The summed E-state index contributed by atoms with van der Waals surface area (Å²) >= 11 is 0. The van der Waals surface area contributed by atoms with Gasteiger partial charge in [-0.05, 0) is 72.5 Å². The summed E-state index contributed by atoms with van der Waals surface area (Å²) < 4.78 is 2.32. The van der Waals surface area contributed by atoms with Crippen LogP contribution in [0.15, 0.2) is 133 Å². The van der Waals surface area contributed by atoms with Gasteiger partial charge in [0.25, 0.3) is 0 Å². The van der Waals surface area contributed by atoms with Gasteiger partial charge in [0.05, 0.1) is 27.8 Å². The van der Waals surface area contributed by atoms with E-state index >= 15 is 0 Å². The fourth-order valence-corrected chi connectivity index (χ4v) is 6.67. The van der Waals surface area contributed by atoms with Crippen LogP contribution in [0.1, 0.15) is 25.0 Å². The molecule has 0 saturated heterocycles. The number of benzene rings is 6. The Kier molecular flexibility index (Phi) is 7.55. The standard InChI is InChI=1S/C42H32N4/c1-3-45(4-2)42-38(27-43)35(30-13-7-5-8-14-30)26-36(39(42)28-44)31-21-19-29(20-22-31)32-23-24-41-37(25-32)34-17-11-12-18-40(34)46(41)33-15-9-6-10-16-33/h5-26H,3-4H2,1-2H3. The number of anilines is 1. The van der Waals surface area contributed by atoms with Crippen molar-refractivity contribution in [3.8, 4) is 51.2 Å². The number of aromatic nitrogens is 1. The predicted molar refractivity (Wildman–Crippen MR) is 190 cm³/mol. The second-order valence-corrected chi connectivity index (χ2v) is 11.3. The van der Waals surface area contributed by atoms with E-state index in [4.69, 9.17) is 0 Å². The lowest BCUT2D eigenvalue weighted by molar-refractivity contribution is 0.863. The topological polar surface area (TPSA) is 55.8 Å². The zero-order valence-electron chi connectivity index (χ0n) is 25.9. The summed E-state index contributed by atoms with van der Waals surface area (Å²) in [6, 6.07) is 51.1. The summed E-state index contributed by atoms with van der Waals surface area (Å²) in [7, 11) is 0. The number of nitriles is 2. The van der Waals surface area contributed by atoms with Gasteiger partial charge in [-0.3, -0.25) is 0 Å². The van der Waals surface area contributed by atoms with Crippen molar-refractivity contribution in [3.63, 3.8) is 0 Å². The van der Waals surface area contributed by atoms with Gasteiger partial charge >= 0.3 is 0 Å². The minimum Gasteiger partial charge on any atom is -0.370 e. The second-order valence-electron chi connectivity index (χ2n) is 11.3. The zero-order chi connectivity index (χ0) is 31.6. The molecule has 7 rings (SSSR count). The van der Waals surface area contributed by atoms with Crippen molar-refractivity contribution < 1.29 is 0 Å². The molecule has 1 aromatic heterocycles. The first-order chi connectivity index (χ1) is 22.7. The highest BCUT2D eigenvalue weighted by Crippen LogP contribution is 2.41. The fourth-order valence-electron chi connectivity index (χ4n) is 6.67. The van der Waals surface area contributed by atoms with E-state index in [0.717, 1.165) is 39.1 Å². The molecule has 4 nitrogen and oxygen atoms in total. The molecule has 0 aliphatic carbocycles. The summed E-state index contributed by atoms with van der Waals surface area (Å²) in [5, 5.41) is 23.3. The van der Waals surface area contributed by atoms with E-state index in [9.17, 15) is 10.5 Å². The SMILES string of the molecule is CCN(CC)c1c(C#N)c(-c2ccccc2)cc(-c2ccc(-c3ccc4c(c3)c3ccccc3n4-c3ccccc3)cc2)c1C#N. The number of fused-ring (bicyclic) bond motifs is 3. The van der Waals surface area contributed by atoms with E-state index in [-0.39, 0.29) is 0 Å². The highest BCUT2D eigenvalue weighted by Gasteiger charge is 2.23. The monoisotopic (exact) mass is 592 g/mol. The summed E-state index contributed by atoms with van der Waals surface area (Å²) in [5.74, 6) is 0. The van der Waals surface area contributed by atoms with Crippen LogP contribution >= 0.6 is 0 Å². The number of rotatable bonds is 7. The molecular formula is C42H32N4. The minimum atomic E-state index is 0.530. The zero-order valence-corrected chi connectivity index (χ0v) is 25.9. The van der Waals surface area contributed by atoms with E-state index in [1.165, 1.54) is 21.8 Å². The lowest BCUT2D eigenvalue weighted by atomic mass is 9.88. The van der Waals surface area contributed by atoms with Gasteiger partial charge in [-0.25, -0.2) is 0 Å². The average Bonchev–Trinajstić information content (AvgIpc) is 3.46. The normalized spacial score (nSPS) is 11.0. The average molecular weight is 593 g/mol. The first-order valence-electron chi connectivity index (χ1n) is 15.7. The minimum absolute atomic E-state index is 0.530. The van der Waals surface area contributed by atoms with Crippen molar-refractivity contribution in [2.24, 2.45) is 0 Å². The van der Waals surface area contributed by atoms with Crippen molar-refractivity contribution in [1.82, 2.24) is 4.57 Å². The lowest BCUT2D eigenvalue weighted by Crippen LogP contribution is -2.24. The van der Waals surface area contributed by atoms with Crippen LogP contribution in [0.3, 0.4) is 0 Å².